The zero-order chi connectivity index (χ0) is 21.8. The fourth-order valence-corrected chi connectivity index (χ4v) is 2.98. The zero-order valence-electron chi connectivity index (χ0n) is 17.8. The van der Waals surface area contributed by atoms with Gasteiger partial charge in [-0.25, -0.2) is 4.68 Å². The minimum Gasteiger partial charge on any atom is -0.453 e. The average Bonchev–Trinajstić information content (AvgIpc) is 2.69. The van der Waals surface area contributed by atoms with Gasteiger partial charge in [-0.3, -0.25) is 9.59 Å². The van der Waals surface area contributed by atoms with E-state index in [1.165, 1.54) is 10.9 Å². The van der Waals surface area contributed by atoms with Gasteiger partial charge in [-0.15, -0.1) is 0 Å². The van der Waals surface area contributed by atoms with Crippen LogP contribution in [0, 0.1) is 13.8 Å². The second kappa shape index (κ2) is 8.82. The Morgan fingerprint density at radius 1 is 1.10 bits per heavy atom. The van der Waals surface area contributed by atoms with E-state index in [2.05, 4.69) is 15.7 Å². The van der Waals surface area contributed by atoms with Gasteiger partial charge in [0.25, 0.3) is 11.5 Å². The van der Waals surface area contributed by atoms with Gasteiger partial charge < -0.3 is 15.4 Å². The van der Waals surface area contributed by atoms with E-state index >= 15 is 0 Å². The molecule has 7 nitrogen and oxygen atoms in total. The van der Waals surface area contributed by atoms with Crippen LogP contribution in [0.25, 0.3) is 0 Å². The Kier molecular flexibility index (Phi) is 6.20. The van der Waals surface area contributed by atoms with Crippen LogP contribution in [0.2, 0.25) is 0 Å². The molecule has 156 valence electrons. The molecule has 0 spiro atoms. The number of hydrogen-bond acceptors (Lipinski definition) is 5. The molecular weight excluding hydrogens is 380 g/mol. The third-order valence-corrected chi connectivity index (χ3v) is 4.47. The van der Waals surface area contributed by atoms with Gasteiger partial charge in [0.1, 0.15) is 5.75 Å². The van der Waals surface area contributed by atoms with Gasteiger partial charge in [0, 0.05) is 24.3 Å². The summed E-state index contributed by atoms with van der Waals surface area (Å²) in [6.45, 7) is 7.75. The number of hydrogen-bond donors (Lipinski definition) is 2. The van der Waals surface area contributed by atoms with Crippen molar-refractivity contribution in [3.63, 3.8) is 0 Å². The topological polar surface area (TPSA) is 85.2 Å². The number of aryl methyl sites for hydroxylation is 3. The standard InChI is InChI=1S/C23H26N4O3/c1-14(2)25-22(28)17-7-6-8-18(12-17)26-21-20(13-24-27(5)23(21)29)30-19-10-9-15(3)11-16(19)4/h6-14,26H,1-5H3,(H,25,28). The molecule has 0 aliphatic carbocycles. The van der Waals surface area contributed by atoms with Crippen LogP contribution < -0.4 is 20.9 Å². The van der Waals surface area contributed by atoms with Gasteiger partial charge in [-0.1, -0.05) is 23.8 Å². The van der Waals surface area contributed by atoms with Crippen LogP contribution in [0.3, 0.4) is 0 Å². The molecule has 1 amide bonds. The number of nitrogens with one attached hydrogen (secondary N) is 2. The van der Waals surface area contributed by atoms with E-state index in [0.29, 0.717) is 22.7 Å². The molecule has 0 aliphatic rings. The molecular formula is C23H26N4O3. The van der Waals surface area contributed by atoms with Crippen molar-refractivity contribution in [1.82, 2.24) is 15.1 Å². The van der Waals surface area contributed by atoms with Gasteiger partial charge in [0.2, 0.25) is 0 Å². The third-order valence-electron chi connectivity index (χ3n) is 4.47. The highest BCUT2D eigenvalue weighted by molar-refractivity contribution is 5.95. The first-order chi connectivity index (χ1) is 14.2. The van der Waals surface area contributed by atoms with Crippen LogP contribution >= 0.6 is 0 Å². The Hall–Kier alpha value is -3.61. The lowest BCUT2D eigenvalue weighted by molar-refractivity contribution is 0.0943. The molecule has 2 N–H and O–H groups in total. The minimum atomic E-state index is -0.339. The van der Waals surface area contributed by atoms with E-state index in [0.717, 1.165) is 11.1 Å². The third kappa shape index (κ3) is 4.86. The van der Waals surface area contributed by atoms with Gasteiger partial charge in [-0.2, -0.15) is 5.10 Å². The highest BCUT2D eigenvalue weighted by Crippen LogP contribution is 2.30. The van der Waals surface area contributed by atoms with Crippen molar-refractivity contribution in [3.8, 4) is 11.5 Å². The normalized spacial score (nSPS) is 10.7. The Balaban J connectivity index is 1.95. The SMILES string of the molecule is Cc1ccc(Oc2cnn(C)c(=O)c2Nc2cccc(C(=O)NC(C)C)c2)c(C)c1. The van der Waals surface area contributed by atoms with Gasteiger partial charge in [0.05, 0.1) is 6.20 Å². The molecule has 0 fully saturated rings. The smallest absolute Gasteiger partial charge is 0.294 e. The van der Waals surface area contributed by atoms with E-state index in [1.54, 1.807) is 31.3 Å². The molecule has 0 aliphatic heterocycles. The molecule has 30 heavy (non-hydrogen) atoms. The largest absolute Gasteiger partial charge is 0.453 e. The number of benzene rings is 2. The second-order valence-corrected chi connectivity index (χ2v) is 7.52. The molecule has 0 saturated carbocycles. The number of rotatable bonds is 6. The van der Waals surface area contributed by atoms with E-state index < -0.39 is 0 Å². The maximum absolute atomic E-state index is 12.8. The Morgan fingerprint density at radius 3 is 2.57 bits per heavy atom. The molecule has 0 bridgehead atoms. The lowest BCUT2D eigenvalue weighted by Gasteiger charge is -2.15. The lowest BCUT2D eigenvalue weighted by atomic mass is 10.1. The number of nitrogens with zero attached hydrogens (tertiary/aromatic N) is 2. The number of carbonyl (C=O) groups is 1. The molecule has 0 unspecified atom stereocenters. The van der Waals surface area contributed by atoms with E-state index in [4.69, 9.17) is 4.74 Å². The lowest BCUT2D eigenvalue weighted by Crippen LogP contribution is -2.30. The second-order valence-electron chi connectivity index (χ2n) is 7.52. The summed E-state index contributed by atoms with van der Waals surface area (Å²) in [5, 5.41) is 10.0. The summed E-state index contributed by atoms with van der Waals surface area (Å²) in [4.78, 5) is 25.1. The first-order valence-corrected chi connectivity index (χ1v) is 9.74. The molecule has 7 heteroatoms. The van der Waals surface area contributed by atoms with E-state index in [1.807, 2.05) is 45.9 Å². The van der Waals surface area contributed by atoms with E-state index in [-0.39, 0.29) is 23.2 Å². The molecule has 0 radical (unpaired) electrons. The summed E-state index contributed by atoms with van der Waals surface area (Å²) in [7, 11) is 1.57. The Morgan fingerprint density at radius 2 is 1.87 bits per heavy atom. The zero-order valence-corrected chi connectivity index (χ0v) is 17.8. The molecule has 0 atom stereocenters. The van der Waals surface area contributed by atoms with Gasteiger partial charge >= 0.3 is 0 Å². The molecule has 3 rings (SSSR count). The summed E-state index contributed by atoms with van der Waals surface area (Å²) in [6, 6.07) is 12.8. The van der Waals surface area contributed by atoms with Crippen molar-refractivity contribution in [1.29, 1.82) is 0 Å². The summed E-state index contributed by atoms with van der Waals surface area (Å²) in [6.07, 6.45) is 1.50. The summed E-state index contributed by atoms with van der Waals surface area (Å²) in [5.41, 5.74) is 3.07. The summed E-state index contributed by atoms with van der Waals surface area (Å²) < 4.78 is 7.24. The highest BCUT2D eigenvalue weighted by Gasteiger charge is 2.15. The van der Waals surface area contributed by atoms with Crippen molar-refractivity contribution in [2.24, 2.45) is 7.05 Å². The van der Waals surface area contributed by atoms with Crippen LogP contribution in [0.1, 0.15) is 35.3 Å². The fourth-order valence-electron chi connectivity index (χ4n) is 2.98. The Labute approximate surface area is 175 Å². The minimum absolute atomic E-state index is 0.0272. The van der Waals surface area contributed by atoms with Crippen molar-refractivity contribution < 1.29 is 9.53 Å². The van der Waals surface area contributed by atoms with Gasteiger partial charge in [0.15, 0.2) is 11.4 Å². The summed E-state index contributed by atoms with van der Waals surface area (Å²) >= 11 is 0. The van der Waals surface area contributed by atoms with Crippen molar-refractivity contribution >= 4 is 17.3 Å². The summed E-state index contributed by atoms with van der Waals surface area (Å²) in [5.74, 6) is 0.772. The molecule has 3 aromatic rings. The first kappa shape index (κ1) is 21.1. The number of aromatic nitrogens is 2. The molecule has 1 heterocycles. The predicted octanol–water partition coefficient (Wildman–Crippen LogP) is 4.07. The molecule has 0 saturated heterocycles. The maximum Gasteiger partial charge on any atom is 0.294 e. The van der Waals surface area contributed by atoms with Crippen molar-refractivity contribution in [2.75, 3.05) is 5.32 Å². The molecule has 1 aromatic heterocycles. The van der Waals surface area contributed by atoms with Crippen molar-refractivity contribution in [3.05, 3.63) is 75.7 Å². The quantitative estimate of drug-likeness (QED) is 0.645. The van der Waals surface area contributed by atoms with Crippen LogP contribution in [0.5, 0.6) is 11.5 Å². The molecule has 2 aromatic carbocycles. The monoisotopic (exact) mass is 406 g/mol. The predicted molar refractivity (Wildman–Crippen MR) is 118 cm³/mol. The number of anilines is 2. The maximum atomic E-state index is 12.8. The van der Waals surface area contributed by atoms with Crippen LogP contribution in [-0.4, -0.2) is 21.7 Å². The Bertz CT molecular complexity index is 1140. The fraction of sp³-hybridized carbons (Fsp3) is 0.261. The van der Waals surface area contributed by atoms with Gasteiger partial charge in [-0.05, 0) is 57.5 Å². The van der Waals surface area contributed by atoms with E-state index in [9.17, 15) is 9.59 Å². The average molecular weight is 406 g/mol. The number of ether oxygens (including phenoxy) is 1. The van der Waals surface area contributed by atoms with Crippen LogP contribution in [-0.2, 0) is 7.05 Å². The van der Waals surface area contributed by atoms with Crippen LogP contribution in [0.4, 0.5) is 11.4 Å². The first-order valence-electron chi connectivity index (χ1n) is 9.74. The van der Waals surface area contributed by atoms with Crippen LogP contribution in [0.15, 0.2) is 53.5 Å². The number of amides is 1. The highest BCUT2D eigenvalue weighted by atomic mass is 16.5. The number of carbonyl (C=O) groups excluding carboxylic acids is 1. The van der Waals surface area contributed by atoms with Crippen molar-refractivity contribution in [2.45, 2.75) is 33.7 Å².